The van der Waals surface area contributed by atoms with Crippen LogP contribution in [0.4, 0.5) is 5.69 Å². The van der Waals surface area contributed by atoms with Crippen molar-refractivity contribution >= 4 is 21.6 Å². The summed E-state index contributed by atoms with van der Waals surface area (Å²) < 4.78 is 38.8. The fraction of sp³-hybridized carbons (Fsp3) is 0.435. The highest BCUT2D eigenvalue weighted by molar-refractivity contribution is 7.89. The summed E-state index contributed by atoms with van der Waals surface area (Å²) in [5, 5.41) is 2.82. The van der Waals surface area contributed by atoms with E-state index in [-0.39, 0.29) is 16.9 Å². The van der Waals surface area contributed by atoms with E-state index in [1.807, 2.05) is 20.8 Å². The Hall–Kier alpha value is -2.58. The molecule has 1 aliphatic rings. The fourth-order valence-corrected chi connectivity index (χ4v) is 5.08. The van der Waals surface area contributed by atoms with Gasteiger partial charge < -0.3 is 14.8 Å². The molecule has 1 amide bonds. The van der Waals surface area contributed by atoms with Gasteiger partial charge in [0.1, 0.15) is 11.5 Å². The third kappa shape index (κ3) is 5.37. The van der Waals surface area contributed by atoms with Crippen molar-refractivity contribution < 1.29 is 22.7 Å². The van der Waals surface area contributed by atoms with E-state index in [1.165, 1.54) is 16.4 Å². The van der Waals surface area contributed by atoms with Crippen LogP contribution in [0.1, 0.15) is 49.0 Å². The number of ether oxygens (including phenoxy) is 2. The molecular weight excluding hydrogens is 416 g/mol. The van der Waals surface area contributed by atoms with E-state index >= 15 is 0 Å². The average Bonchev–Trinajstić information content (AvgIpc) is 2.75. The zero-order valence-corrected chi connectivity index (χ0v) is 19.3. The van der Waals surface area contributed by atoms with Crippen LogP contribution in [-0.4, -0.2) is 44.9 Å². The maximum Gasteiger partial charge on any atom is 0.255 e. The summed E-state index contributed by atoms with van der Waals surface area (Å²) in [4.78, 5) is 13.1. The Kier molecular flexibility index (Phi) is 7.23. The SMILES string of the molecule is COc1cc(C(=O)Nc2cc(S(=O)(=O)N3CCCCC3)ccc2OC(C)C)ccc1C. The zero-order chi connectivity index (χ0) is 22.6. The largest absolute Gasteiger partial charge is 0.496 e. The zero-order valence-electron chi connectivity index (χ0n) is 18.5. The first-order valence-electron chi connectivity index (χ1n) is 10.5. The first-order valence-corrected chi connectivity index (χ1v) is 11.9. The molecule has 3 rings (SSSR count). The van der Waals surface area contributed by atoms with Gasteiger partial charge in [0.15, 0.2) is 0 Å². The number of aryl methyl sites for hydroxylation is 1. The minimum Gasteiger partial charge on any atom is -0.496 e. The normalized spacial score (nSPS) is 15.0. The Labute approximate surface area is 184 Å². The number of hydrogen-bond donors (Lipinski definition) is 1. The van der Waals surface area contributed by atoms with Crippen molar-refractivity contribution in [2.45, 2.75) is 51.0 Å². The van der Waals surface area contributed by atoms with E-state index in [2.05, 4.69) is 5.32 Å². The standard InChI is InChI=1S/C23H30N2O5S/c1-16(2)30-21-11-10-19(31(27,28)25-12-6-5-7-13-25)15-20(21)24-23(26)18-9-8-17(3)22(14-18)29-4/h8-11,14-16H,5-7,12-13H2,1-4H3,(H,24,26). The number of carbonyl (C=O) groups excluding carboxylic acids is 1. The Morgan fingerprint density at radius 1 is 1.03 bits per heavy atom. The lowest BCUT2D eigenvalue weighted by molar-refractivity contribution is 0.102. The summed E-state index contributed by atoms with van der Waals surface area (Å²) in [5.41, 5.74) is 1.64. The molecule has 168 valence electrons. The van der Waals surface area contributed by atoms with Crippen LogP contribution >= 0.6 is 0 Å². The third-order valence-electron chi connectivity index (χ3n) is 5.18. The number of carbonyl (C=O) groups is 1. The molecule has 1 fully saturated rings. The summed E-state index contributed by atoms with van der Waals surface area (Å²) in [5.74, 6) is 0.646. The second-order valence-electron chi connectivity index (χ2n) is 7.93. The monoisotopic (exact) mass is 446 g/mol. The van der Waals surface area contributed by atoms with Gasteiger partial charge in [-0.2, -0.15) is 4.31 Å². The first-order chi connectivity index (χ1) is 14.7. The van der Waals surface area contributed by atoms with Crippen LogP contribution in [0.5, 0.6) is 11.5 Å². The summed E-state index contributed by atoms with van der Waals surface area (Å²) in [7, 11) is -2.09. The number of hydrogen-bond acceptors (Lipinski definition) is 5. The molecule has 1 saturated heterocycles. The molecule has 0 aliphatic carbocycles. The van der Waals surface area contributed by atoms with Crippen molar-refractivity contribution in [3.63, 3.8) is 0 Å². The van der Waals surface area contributed by atoms with Gasteiger partial charge in [-0.05, 0) is 69.5 Å². The number of rotatable bonds is 7. The molecule has 0 bridgehead atoms. The van der Waals surface area contributed by atoms with Gasteiger partial charge in [0, 0.05) is 18.7 Å². The third-order valence-corrected chi connectivity index (χ3v) is 7.08. The lowest BCUT2D eigenvalue weighted by Gasteiger charge is -2.26. The number of nitrogens with one attached hydrogen (secondary N) is 1. The van der Waals surface area contributed by atoms with Crippen LogP contribution < -0.4 is 14.8 Å². The Bertz CT molecular complexity index is 1040. The van der Waals surface area contributed by atoms with Crippen molar-refractivity contribution in [2.75, 3.05) is 25.5 Å². The highest BCUT2D eigenvalue weighted by atomic mass is 32.2. The van der Waals surface area contributed by atoms with E-state index in [4.69, 9.17) is 9.47 Å². The molecule has 0 radical (unpaired) electrons. The van der Waals surface area contributed by atoms with Gasteiger partial charge in [0.2, 0.25) is 10.0 Å². The quantitative estimate of drug-likeness (QED) is 0.688. The van der Waals surface area contributed by atoms with Crippen LogP contribution in [0.25, 0.3) is 0 Å². The lowest BCUT2D eigenvalue weighted by atomic mass is 10.1. The van der Waals surface area contributed by atoms with Gasteiger partial charge in [-0.15, -0.1) is 0 Å². The molecule has 2 aromatic carbocycles. The van der Waals surface area contributed by atoms with Crippen molar-refractivity contribution in [2.24, 2.45) is 0 Å². The smallest absolute Gasteiger partial charge is 0.255 e. The molecule has 0 atom stereocenters. The number of sulfonamides is 1. The number of piperidine rings is 1. The number of benzene rings is 2. The van der Waals surface area contributed by atoms with E-state index in [0.717, 1.165) is 24.8 Å². The minimum absolute atomic E-state index is 0.139. The second kappa shape index (κ2) is 9.70. The average molecular weight is 447 g/mol. The van der Waals surface area contributed by atoms with Gasteiger partial charge in [-0.25, -0.2) is 8.42 Å². The number of amides is 1. The van der Waals surface area contributed by atoms with Crippen molar-refractivity contribution in [1.82, 2.24) is 4.31 Å². The van der Waals surface area contributed by atoms with Crippen molar-refractivity contribution in [1.29, 1.82) is 0 Å². The van der Waals surface area contributed by atoms with Crippen LogP contribution in [0, 0.1) is 6.92 Å². The summed E-state index contributed by atoms with van der Waals surface area (Å²) in [6.07, 6.45) is 2.60. The Morgan fingerprint density at radius 2 is 1.74 bits per heavy atom. The Morgan fingerprint density at radius 3 is 2.39 bits per heavy atom. The molecule has 1 N–H and O–H groups in total. The van der Waals surface area contributed by atoms with Gasteiger partial charge in [-0.3, -0.25) is 4.79 Å². The molecule has 31 heavy (non-hydrogen) atoms. The van der Waals surface area contributed by atoms with E-state index < -0.39 is 10.0 Å². The topological polar surface area (TPSA) is 84.9 Å². The predicted octanol–water partition coefficient (Wildman–Crippen LogP) is 4.22. The number of methoxy groups -OCH3 is 1. The number of anilines is 1. The van der Waals surface area contributed by atoms with Crippen molar-refractivity contribution in [3.8, 4) is 11.5 Å². The molecule has 2 aromatic rings. The molecule has 7 nitrogen and oxygen atoms in total. The van der Waals surface area contributed by atoms with Crippen LogP contribution in [0.2, 0.25) is 0 Å². The summed E-state index contributed by atoms with van der Waals surface area (Å²) in [6.45, 7) is 6.66. The molecule has 8 heteroatoms. The molecule has 1 heterocycles. The minimum atomic E-state index is -3.64. The summed E-state index contributed by atoms with van der Waals surface area (Å²) >= 11 is 0. The van der Waals surface area contributed by atoms with E-state index in [0.29, 0.717) is 35.8 Å². The van der Waals surface area contributed by atoms with Gasteiger partial charge >= 0.3 is 0 Å². The second-order valence-corrected chi connectivity index (χ2v) is 9.87. The lowest BCUT2D eigenvalue weighted by Crippen LogP contribution is -2.35. The molecule has 0 unspecified atom stereocenters. The predicted molar refractivity (Wildman–Crippen MR) is 121 cm³/mol. The van der Waals surface area contributed by atoms with Crippen LogP contribution in [-0.2, 0) is 10.0 Å². The highest BCUT2D eigenvalue weighted by Gasteiger charge is 2.27. The molecular formula is C23H30N2O5S. The maximum absolute atomic E-state index is 13.1. The molecule has 0 saturated carbocycles. The van der Waals surface area contributed by atoms with Gasteiger partial charge in [0.05, 0.1) is 23.8 Å². The molecule has 0 spiro atoms. The highest BCUT2D eigenvalue weighted by Crippen LogP contribution is 2.31. The van der Waals surface area contributed by atoms with Crippen LogP contribution in [0.15, 0.2) is 41.3 Å². The van der Waals surface area contributed by atoms with E-state index in [1.54, 1.807) is 31.4 Å². The van der Waals surface area contributed by atoms with Crippen LogP contribution in [0.3, 0.4) is 0 Å². The van der Waals surface area contributed by atoms with Gasteiger partial charge in [-0.1, -0.05) is 12.5 Å². The van der Waals surface area contributed by atoms with Crippen molar-refractivity contribution in [3.05, 3.63) is 47.5 Å². The molecule has 1 aliphatic heterocycles. The first kappa shape index (κ1) is 23.1. The fourth-order valence-electron chi connectivity index (χ4n) is 3.53. The van der Waals surface area contributed by atoms with Gasteiger partial charge in [0.25, 0.3) is 5.91 Å². The summed E-state index contributed by atoms with van der Waals surface area (Å²) in [6, 6.07) is 9.77. The maximum atomic E-state index is 13.1. The Balaban J connectivity index is 1.94. The van der Waals surface area contributed by atoms with E-state index in [9.17, 15) is 13.2 Å². The number of nitrogens with zero attached hydrogens (tertiary/aromatic N) is 1. The molecule has 0 aromatic heterocycles.